The molecule has 0 aromatic heterocycles. The largest absolute Gasteiger partial charge is 0.444 e. The predicted octanol–water partition coefficient (Wildman–Crippen LogP) is 5.27. The molecule has 0 aromatic rings. The lowest BCUT2D eigenvalue weighted by Crippen LogP contribution is -2.41. The molecule has 0 aliphatic carbocycles. The van der Waals surface area contributed by atoms with E-state index in [-0.39, 0.29) is 12.5 Å². The van der Waals surface area contributed by atoms with Crippen molar-refractivity contribution in [2.24, 2.45) is 5.73 Å². The van der Waals surface area contributed by atoms with E-state index in [0.29, 0.717) is 0 Å². The van der Waals surface area contributed by atoms with Crippen LogP contribution in [-0.2, 0) is 9.53 Å². The molecule has 5 nitrogen and oxygen atoms in total. The molecule has 158 valence electrons. The standard InChI is InChI=1S/C22H42N2O3/c1-3-4-5-6-7-8-9-10-11-12-13-14-15-16-17-20(24-2)21(18-19-25)27-22(23)26/h13-14,19-21,24H,3-12,15-18H2,1-2H3,(H2,23,26). The van der Waals surface area contributed by atoms with Crippen molar-refractivity contribution in [1.29, 1.82) is 0 Å². The third-order valence-corrected chi connectivity index (χ3v) is 4.94. The number of nitrogens with one attached hydrogen (secondary N) is 1. The molecule has 1 amide bonds. The van der Waals surface area contributed by atoms with Crippen LogP contribution in [0.1, 0.15) is 96.8 Å². The van der Waals surface area contributed by atoms with Crippen molar-refractivity contribution in [2.75, 3.05) is 7.05 Å². The summed E-state index contributed by atoms with van der Waals surface area (Å²) in [4.78, 5) is 21.7. The Kier molecular flexibility index (Phi) is 18.4. The summed E-state index contributed by atoms with van der Waals surface area (Å²) in [5.41, 5.74) is 5.08. The summed E-state index contributed by atoms with van der Waals surface area (Å²) in [6.07, 6.45) is 20.4. The summed E-state index contributed by atoms with van der Waals surface area (Å²) in [6.45, 7) is 2.26. The SMILES string of the molecule is CCCCCCCCCCCC=CCCCC(NC)C(CC=O)OC(N)=O. The van der Waals surface area contributed by atoms with E-state index in [1.807, 2.05) is 7.05 Å². The highest BCUT2D eigenvalue weighted by Crippen LogP contribution is 2.13. The minimum atomic E-state index is -0.831. The van der Waals surface area contributed by atoms with Gasteiger partial charge in [-0.2, -0.15) is 0 Å². The van der Waals surface area contributed by atoms with Gasteiger partial charge in [0.15, 0.2) is 0 Å². The molecule has 0 spiro atoms. The maximum atomic E-state index is 11.0. The normalized spacial score (nSPS) is 13.6. The van der Waals surface area contributed by atoms with Crippen LogP contribution < -0.4 is 11.1 Å². The van der Waals surface area contributed by atoms with Gasteiger partial charge < -0.3 is 20.6 Å². The molecule has 2 unspecified atom stereocenters. The fourth-order valence-electron chi connectivity index (χ4n) is 3.32. The molecule has 0 radical (unpaired) electrons. The van der Waals surface area contributed by atoms with E-state index in [1.165, 1.54) is 57.8 Å². The molecule has 0 saturated heterocycles. The zero-order valence-electron chi connectivity index (χ0n) is 17.6. The van der Waals surface area contributed by atoms with Crippen molar-refractivity contribution in [2.45, 2.75) is 109 Å². The first-order valence-electron chi connectivity index (χ1n) is 10.9. The number of likely N-dealkylation sites (N-methyl/N-ethyl adjacent to an activating group) is 1. The topological polar surface area (TPSA) is 81.4 Å². The second kappa shape index (κ2) is 19.4. The molecular formula is C22H42N2O3. The number of aldehydes is 1. The fourth-order valence-corrected chi connectivity index (χ4v) is 3.32. The van der Waals surface area contributed by atoms with Crippen LogP contribution in [0.4, 0.5) is 4.79 Å². The summed E-state index contributed by atoms with van der Waals surface area (Å²) >= 11 is 0. The third-order valence-electron chi connectivity index (χ3n) is 4.94. The van der Waals surface area contributed by atoms with E-state index in [4.69, 9.17) is 10.5 Å². The first-order chi connectivity index (χ1) is 13.2. The number of primary amides is 1. The molecule has 0 saturated carbocycles. The molecule has 2 atom stereocenters. The highest BCUT2D eigenvalue weighted by atomic mass is 16.6. The van der Waals surface area contributed by atoms with Gasteiger partial charge in [-0.1, -0.05) is 70.4 Å². The Hall–Kier alpha value is -1.36. The van der Waals surface area contributed by atoms with Gasteiger partial charge in [0, 0.05) is 12.5 Å². The van der Waals surface area contributed by atoms with Gasteiger partial charge in [0.25, 0.3) is 0 Å². The van der Waals surface area contributed by atoms with Crippen molar-refractivity contribution in [3.63, 3.8) is 0 Å². The van der Waals surface area contributed by atoms with E-state index < -0.39 is 12.2 Å². The molecule has 0 bridgehead atoms. The fraction of sp³-hybridized carbons (Fsp3) is 0.818. The van der Waals surface area contributed by atoms with Crippen molar-refractivity contribution in [1.82, 2.24) is 5.32 Å². The maximum absolute atomic E-state index is 11.0. The van der Waals surface area contributed by atoms with E-state index in [0.717, 1.165) is 32.0 Å². The monoisotopic (exact) mass is 382 g/mol. The van der Waals surface area contributed by atoms with Crippen LogP contribution in [0.3, 0.4) is 0 Å². The van der Waals surface area contributed by atoms with E-state index in [1.54, 1.807) is 0 Å². The molecule has 0 heterocycles. The molecule has 0 aliphatic heterocycles. The highest BCUT2D eigenvalue weighted by molar-refractivity contribution is 5.65. The molecule has 0 aliphatic rings. The van der Waals surface area contributed by atoms with Gasteiger partial charge in [0.1, 0.15) is 12.4 Å². The maximum Gasteiger partial charge on any atom is 0.404 e. The number of amides is 1. The van der Waals surface area contributed by atoms with Gasteiger partial charge in [0.05, 0.1) is 0 Å². The van der Waals surface area contributed by atoms with Crippen LogP contribution in [0, 0.1) is 0 Å². The Morgan fingerprint density at radius 2 is 1.52 bits per heavy atom. The highest BCUT2D eigenvalue weighted by Gasteiger charge is 2.22. The van der Waals surface area contributed by atoms with Crippen molar-refractivity contribution < 1.29 is 14.3 Å². The quantitative estimate of drug-likeness (QED) is 0.181. The lowest BCUT2D eigenvalue weighted by atomic mass is 10.0. The molecule has 0 fully saturated rings. The van der Waals surface area contributed by atoms with Crippen LogP contribution in [0.5, 0.6) is 0 Å². The second-order valence-electron chi connectivity index (χ2n) is 7.29. The zero-order valence-corrected chi connectivity index (χ0v) is 17.6. The number of hydrogen-bond donors (Lipinski definition) is 2. The molecule has 0 rings (SSSR count). The van der Waals surface area contributed by atoms with Crippen molar-refractivity contribution in [3.05, 3.63) is 12.2 Å². The molecular weight excluding hydrogens is 340 g/mol. The van der Waals surface area contributed by atoms with E-state index in [9.17, 15) is 9.59 Å². The summed E-state index contributed by atoms with van der Waals surface area (Å²) in [5.74, 6) is 0. The van der Waals surface area contributed by atoms with Gasteiger partial charge in [-0.25, -0.2) is 4.79 Å². The average molecular weight is 383 g/mol. The first kappa shape index (κ1) is 25.6. The number of ether oxygens (including phenoxy) is 1. The minimum absolute atomic E-state index is 0.0478. The molecule has 0 aromatic carbocycles. The van der Waals surface area contributed by atoms with Crippen LogP contribution >= 0.6 is 0 Å². The smallest absolute Gasteiger partial charge is 0.404 e. The molecule has 5 heteroatoms. The summed E-state index contributed by atoms with van der Waals surface area (Å²) in [7, 11) is 1.81. The van der Waals surface area contributed by atoms with Crippen LogP contribution in [-0.4, -0.2) is 31.6 Å². The van der Waals surface area contributed by atoms with Crippen molar-refractivity contribution in [3.8, 4) is 0 Å². The number of hydrogen-bond acceptors (Lipinski definition) is 4. The number of allylic oxidation sites excluding steroid dienone is 2. The Labute approximate surface area is 166 Å². The Morgan fingerprint density at radius 1 is 0.963 bits per heavy atom. The number of rotatable bonds is 19. The Bertz CT molecular complexity index is 386. The van der Waals surface area contributed by atoms with Gasteiger partial charge in [-0.05, 0) is 39.2 Å². The van der Waals surface area contributed by atoms with Gasteiger partial charge in [0.2, 0.25) is 0 Å². The van der Waals surface area contributed by atoms with E-state index >= 15 is 0 Å². The zero-order chi connectivity index (χ0) is 20.2. The van der Waals surface area contributed by atoms with Gasteiger partial charge in [-0.15, -0.1) is 0 Å². The minimum Gasteiger partial charge on any atom is -0.444 e. The molecule has 27 heavy (non-hydrogen) atoms. The van der Waals surface area contributed by atoms with Gasteiger partial charge in [-0.3, -0.25) is 0 Å². The lowest BCUT2D eigenvalue weighted by Gasteiger charge is -2.24. The molecule has 3 N–H and O–H groups in total. The summed E-state index contributed by atoms with van der Waals surface area (Å²) in [6, 6.07) is -0.0478. The van der Waals surface area contributed by atoms with E-state index in [2.05, 4.69) is 24.4 Å². The van der Waals surface area contributed by atoms with Crippen LogP contribution in [0.2, 0.25) is 0 Å². The van der Waals surface area contributed by atoms with Crippen LogP contribution in [0.15, 0.2) is 12.2 Å². The number of carbonyl (C=O) groups is 2. The second-order valence-corrected chi connectivity index (χ2v) is 7.29. The van der Waals surface area contributed by atoms with Gasteiger partial charge >= 0.3 is 6.09 Å². The number of nitrogens with two attached hydrogens (primary N) is 1. The van der Waals surface area contributed by atoms with Crippen LogP contribution in [0.25, 0.3) is 0 Å². The third kappa shape index (κ3) is 16.5. The Balaban J connectivity index is 3.68. The summed E-state index contributed by atoms with van der Waals surface area (Å²) < 4.78 is 5.04. The number of carbonyl (C=O) groups excluding carboxylic acids is 2. The van der Waals surface area contributed by atoms with Crippen molar-refractivity contribution >= 4 is 12.4 Å². The average Bonchev–Trinajstić information content (AvgIpc) is 2.64. The number of unbranched alkanes of at least 4 members (excludes halogenated alkanes) is 10. The lowest BCUT2D eigenvalue weighted by molar-refractivity contribution is -0.109. The first-order valence-corrected chi connectivity index (χ1v) is 10.9. The predicted molar refractivity (Wildman–Crippen MR) is 113 cm³/mol. The Morgan fingerprint density at radius 3 is 2.04 bits per heavy atom. The summed E-state index contributed by atoms with van der Waals surface area (Å²) in [5, 5.41) is 3.12.